The number of benzene rings is 1. The van der Waals surface area contributed by atoms with Crippen molar-refractivity contribution in [2.24, 2.45) is 0 Å². The van der Waals surface area contributed by atoms with Gasteiger partial charge >= 0.3 is 0 Å². The van der Waals surface area contributed by atoms with Gasteiger partial charge in [0, 0.05) is 29.8 Å². The monoisotopic (exact) mass is 461 g/mol. The van der Waals surface area contributed by atoms with E-state index in [2.05, 4.69) is 97.9 Å². The largest absolute Gasteiger partial charge is 0.352 e. The van der Waals surface area contributed by atoms with Crippen LogP contribution in [0.5, 0.6) is 0 Å². The topological polar surface area (TPSA) is 36.3 Å². The molecule has 0 aliphatic carbocycles. The zero-order chi connectivity index (χ0) is 23.7. The van der Waals surface area contributed by atoms with Crippen molar-refractivity contribution in [3.8, 4) is 5.69 Å². The van der Waals surface area contributed by atoms with Crippen LogP contribution in [0.4, 0.5) is 0 Å². The number of nitrogens with zero attached hydrogens (tertiary/aromatic N) is 4. The second kappa shape index (κ2) is 9.65. The highest BCUT2D eigenvalue weighted by Gasteiger charge is 2.41. The van der Waals surface area contributed by atoms with E-state index in [4.69, 9.17) is 17.2 Å². The molecule has 2 aromatic heterocycles. The summed E-state index contributed by atoms with van der Waals surface area (Å²) in [5, 5.41) is 4.40. The number of rotatable bonds is 7. The third kappa shape index (κ3) is 4.82. The molecule has 0 unspecified atom stereocenters. The molecule has 0 radical (unpaired) electrons. The Morgan fingerprint density at radius 2 is 1.76 bits per heavy atom. The van der Waals surface area contributed by atoms with E-state index in [0.29, 0.717) is 0 Å². The molecule has 33 heavy (non-hydrogen) atoms. The average molecular weight is 462 g/mol. The number of hydrogen-bond donors (Lipinski definition) is 1. The first-order valence-corrected chi connectivity index (χ1v) is 12.1. The molecule has 1 N–H and O–H groups in total. The first-order chi connectivity index (χ1) is 15.8. The standard InChI is InChI=1S/C27H35N5S/c1-18-14-19(2)16-22(15-18)32-20(3)17-23(21(32)4)26-25(24-10-7-8-11-28-24)29-27(33)31(26)13-9-12-30(5)6/h7-8,10-11,14-17,25-26H,9,12-13H2,1-6H3,(H,29,33)/t25-,26-/m0/s1. The van der Waals surface area contributed by atoms with E-state index in [0.717, 1.165) is 30.3 Å². The highest BCUT2D eigenvalue weighted by Crippen LogP contribution is 2.41. The Morgan fingerprint density at radius 3 is 2.39 bits per heavy atom. The first kappa shape index (κ1) is 23.5. The van der Waals surface area contributed by atoms with Gasteiger partial charge < -0.3 is 19.7 Å². The molecule has 6 heteroatoms. The normalized spacial score (nSPS) is 18.3. The van der Waals surface area contributed by atoms with E-state index in [9.17, 15) is 0 Å². The number of aromatic nitrogens is 2. The summed E-state index contributed by atoms with van der Waals surface area (Å²) in [5.74, 6) is 0. The van der Waals surface area contributed by atoms with Crippen molar-refractivity contribution in [2.45, 2.75) is 46.2 Å². The Balaban J connectivity index is 1.78. The summed E-state index contributed by atoms with van der Waals surface area (Å²) in [6, 6.07) is 15.3. The van der Waals surface area contributed by atoms with Gasteiger partial charge in [-0.05, 0) is 114 Å². The van der Waals surface area contributed by atoms with Crippen molar-refractivity contribution in [3.63, 3.8) is 0 Å². The number of pyridine rings is 1. The van der Waals surface area contributed by atoms with Crippen molar-refractivity contribution < 1.29 is 0 Å². The molecule has 1 fully saturated rings. The molecule has 2 atom stereocenters. The fourth-order valence-corrected chi connectivity index (χ4v) is 5.44. The highest BCUT2D eigenvalue weighted by atomic mass is 32.1. The minimum Gasteiger partial charge on any atom is -0.352 e. The van der Waals surface area contributed by atoms with Crippen molar-refractivity contribution in [3.05, 3.63) is 82.4 Å². The molecule has 3 aromatic rings. The summed E-state index contributed by atoms with van der Waals surface area (Å²) >= 11 is 5.85. The Bertz CT molecular complexity index is 1110. The molecule has 0 spiro atoms. The van der Waals surface area contributed by atoms with Crippen molar-refractivity contribution in [1.82, 2.24) is 24.7 Å². The van der Waals surface area contributed by atoms with Crippen LogP contribution in [0.2, 0.25) is 0 Å². The van der Waals surface area contributed by atoms with Crippen LogP contribution in [0.3, 0.4) is 0 Å². The van der Waals surface area contributed by atoms with E-state index in [-0.39, 0.29) is 12.1 Å². The average Bonchev–Trinajstić information content (AvgIpc) is 3.23. The summed E-state index contributed by atoms with van der Waals surface area (Å²) in [5.41, 5.74) is 8.59. The van der Waals surface area contributed by atoms with Crippen LogP contribution in [0.25, 0.3) is 5.69 Å². The van der Waals surface area contributed by atoms with Crippen LogP contribution in [0.1, 0.15) is 52.3 Å². The molecule has 1 aromatic carbocycles. The molecule has 1 saturated heterocycles. The molecule has 1 aliphatic heterocycles. The number of nitrogens with one attached hydrogen (secondary N) is 1. The number of aryl methyl sites for hydroxylation is 3. The van der Waals surface area contributed by atoms with Crippen LogP contribution in [0, 0.1) is 27.7 Å². The third-order valence-corrected chi connectivity index (χ3v) is 6.81. The van der Waals surface area contributed by atoms with Crippen molar-refractivity contribution in [2.75, 3.05) is 27.2 Å². The van der Waals surface area contributed by atoms with Crippen molar-refractivity contribution in [1.29, 1.82) is 0 Å². The molecule has 3 heterocycles. The second-order valence-electron chi connectivity index (χ2n) is 9.48. The minimum atomic E-state index is 0.0197. The van der Waals surface area contributed by atoms with Gasteiger partial charge in [-0.25, -0.2) is 0 Å². The number of thiocarbonyl (C=S) groups is 1. The quantitative estimate of drug-likeness (QED) is 0.500. The summed E-state index contributed by atoms with van der Waals surface area (Å²) < 4.78 is 2.38. The maximum absolute atomic E-state index is 5.85. The van der Waals surface area contributed by atoms with E-state index in [1.165, 1.54) is 33.8 Å². The van der Waals surface area contributed by atoms with Crippen LogP contribution in [-0.2, 0) is 0 Å². The summed E-state index contributed by atoms with van der Waals surface area (Å²) in [7, 11) is 4.23. The van der Waals surface area contributed by atoms with Gasteiger partial charge in [0.1, 0.15) is 0 Å². The van der Waals surface area contributed by atoms with Crippen molar-refractivity contribution >= 4 is 17.3 Å². The van der Waals surface area contributed by atoms with Gasteiger partial charge in [0.15, 0.2) is 5.11 Å². The molecule has 174 valence electrons. The molecular weight excluding hydrogens is 426 g/mol. The fourth-order valence-electron chi connectivity index (χ4n) is 5.11. The zero-order valence-corrected chi connectivity index (χ0v) is 21.4. The lowest BCUT2D eigenvalue weighted by atomic mass is 9.96. The molecular formula is C27H35N5S. The van der Waals surface area contributed by atoms with Crippen LogP contribution in [0.15, 0.2) is 48.7 Å². The smallest absolute Gasteiger partial charge is 0.170 e. The fraction of sp³-hybridized carbons (Fsp3) is 0.407. The zero-order valence-electron chi connectivity index (χ0n) is 20.6. The van der Waals surface area contributed by atoms with Gasteiger partial charge in [0.2, 0.25) is 0 Å². The van der Waals surface area contributed by atoms with Crippen LogP contribution < -0.4 is 5.32 Å². The lowest BCUT2D eigenvalue weighted by molar-refractivity contribution is 0.292. The number of hydrogen-bond acceptors (Lipinski definition) is 3. The highest BCUT2D eigenvalue weighted by molar-refractivity contribution is 7.80. The molecule has 0 saturated carbocycles. The molecule has 4 rings (SSSR count). The molecule has 0 amide bonds. The van der Waals surface area contributed by atoms with Crippen LogP contribution >= 0.6 is 12.2 Å². The second-order valence-corrected chi connectivity index (χ2v) is 9.87. The Hall–Kier alpha value is -2.70. The molecule has 0 bridgehead atoms. The van der Waals surface area contributed by atoms with E-state index >= 15 is 0 Å². The van der Waals surface area contributed by atoms with Gasteiger partial charge in [-0.3, -0.25) is 4.98 Å². The Labute approximate surface area is 203 Å². The van der Waals surface area contributed by atoms with Gasteiger partial charge in [0.05, 0.1) is 17.8 Å². The Kier molecular flexibility index (Phi) is 6.86. The van der Waals surface area contributed by atoms with Gasteiger partial charge in [0.25, 0.3) is 0 Å². The van der Waals surface area contributed by atoms with Gasteiger partial charge in [-0.1, -0.05) is 12.1 Å². The summed E-state index contributed by atoms with van der Waals surface area (Å²) in [4.78, 5) is 9.28. The van der Waals surface area contributed by atoms with Gasteiger partial charge in [-0.15, -0.1) is 0 Å². The summed E-state index contributed by atoms with van der Waals surface area (Å²) in [6.45, 7) is 10.7. The predicted molar refractivity (Wildman–Crippen MR) is 140 cm³/mol. The Morgan fingerprint density at radius 1 is 1.03 bits per heavy atom. The van der Waals surface area contributed by atoms with E-state index in [1.54, 1.807) is 0 Å². The van der Waals surface area contributed by atoms with Crippen LogP contribution in [-0.4, -0.2) is 51.6 Å². The molecule has 1 aliphatic rings. The first-order valence-electron chi connectivity index (χ1n) is 11.7. The maximum atomic E-state index is 5.85. The molecule has 5 nitrogen and oxygen atoms in total. The minimum absolute atomic E-state index is 0.0197. The SMILES string of the molecule is Cc1cc(C)cc(-n2c(C)cc([C@H]3[C@H](c4ccccn4)NC(=S)N3CCCN(C)C)c2C)c1. The lowest BCUT2D eigenvalue weighted by Gasteiger charge is -2.28. The lowest BCUT2D eigenvalue weighted by Crippen LogP contribution is -2.32. The van der Waals surface area contributed by atoms with E-state index in [1.807, 2.05) is 12.3 Å². The third-order valence-electron chi connectivity index (χ3n) is 6.46. The maximum Gasteiger partial charge on any atom is 0.170 e. The summed E-state index contributed by atoms with van der Waals surface area (Å²) in [6.07, 6.45) is 2.92. The van der Waals surface area contributed by atoms with E-state index < -0.39 is 0 Å². The predicted octanol–water partition coefficient (Wildman–Crippen LogP) is 5.03. The van der Waals surface area contributed by atoms with Gasteiger partial charge in [-0.2, -0.15) is 0 Å².